The van der Waals surface area contributed by atoms with Crippen molar-refractivity contribution >= 4 is 6.08 Å². The predicted octanol–water partition coefficient (Wildman–Crippen LogP) is 3.26. The van der Waals surface area contributed by atoms with Gasteiger partial charge in [0, 0.05) is 11.6 Å². The van der Waals surface area contributed by atoms with Crippen LogP contribution < -0.4 is 4.74 Å². The minimum atomic E-state index is -0.270. The molecule has 0 atom stereocenters. The Balaban J connectivity index is 2.02. The third-order valence-corrected chi connectivity index (χ3v) is 2.37. The van der Waals surface area contributed by atoms with Crippen molar-refractivity contribution < 1.29 is 9.13 Å². The topological polar surface area (TPSA) is 9.23 Å². The Morgan fingerprint density at radius 2 is 2.29 bits per heavy atom. The van der Waals surface area contributed by atoms with Crippen LogP contribution in [-0.2, 0) is 0 Å². The Hall–Kier alpha value is -1.31. The highest BCUT2D eigenvalue weighted by Gasteiger charge is 2.21. The Morgan fingerprint density at radius 1 is 1.50 bits per heavy atom. The van der Waals surface area contributed by atoms with E-state index in [9.17, 15) is 4.39 Å². The molecule has 1 saturated carbocycles. The zero-order valence-corrected chi connectivity index (χ0v) is 8.00. The first-order chi connectivity index (χ1) is 6.79. The molecule has 0 radical (unpaired) electrons. The molecule has 1 aliphatic carbocycles. The Bertz CT molecular complexity index is 342. The summed E-state index contributed by atoms with van der Waals surface area (Å²) >= 11 is 0. The molecule has 0 spiro atoms. The van der Waals surface area contributed by atoms with Gasteiger partial charge in [-0.2, -0.15) is 0 Å². The lowest BCUT2D eigenvalue weighted by Crippen LogP contribution is -1.99. The van der Waals surface area contributed by atoms with Crippen molar-refractivity contribution in [3.8, 4) is 5.75 Å². The monoisotopic (exact) mass is 192 g/mol. The van der Waals surface area contributed by atoms with Crippen molar-refractivity contribution in [2.45, 2.75) is 12.8 Å². The molecule has 0 N–H and O–H groups in total. The molecule has 1 aromatic rings. The van der Waals surface area contributed by atoms with E-state index < -0.39 is 0 Å². The molecule has 0 aromatic heterocycles. The third kappa shape index (κ3) is 2.13. The van der Waals surface area contributed by atoms with Gasteiger partial charge in [-0.3, -0.25) is 0 Å². The van der Waals surface area contributed by atoms with E-state index in [4.69, 9.17) is 4.74 Å². The molecular weight excluding hydrogens is 179 g/mol. The van der Waals surface area contributed by atoms with E-state index in [0.29, 0.717) is 23.8 Å². The summed E-state index contributed by atoms with van der Waals surface area (Å²) in [6.45, 7) is 4.24. The molecule has 1 nitrogen and oxygen atoms in total. The minimum Gasteiger partial charge on any atom is -0.493 e. The summed E-state index contributed by atoms with van der Waals surface area (Å²) in [5.74, 6) is 1.03. The van der Waals surface area contributed by atoms with E-state index in [2.05, 4.69) is 6.58 Å². The molecule has 0 bridgehead atoms. The number of benzene rings is 1. The summed E-state index contributed by atoms with van der Waals surface area (Å²) in [6, 6.07) is 4.88. The lowest BCUT2D eigenvalue weighted by Gasteiger charge is -2.05. The van der Waals surface area contributed by atoms with Gasteiger partial charge in [0.2, 0.25) is 0 Å². The number of ether oxygens (including phenoxy) is 1. The van der Waals surface area contributed by atoms with Crippen LogP contribution in [0.25, 0.3) is 6.08 Å². The molecule has 2 rings (SSSR count). The van der Waals surface area contributed by atoms with Crippen LogP contribution in [0, 0.1) is 11.7 Å². The smallest absolute Gasteiger partial charge is 0.134 e. The van der Waals surface area contributed by atoms with E-state index in [0.717, 1.165) is 0 Å². The fourth-order valence-electron chi connectivity index (χ4n) is 1.26. The Morgan fingerprint density at radius 3 is 2.86 bits per heavy atom. The third-order valence-electron chi connectivity index (χ3n) is 2.37. The maximum atomic E-state index is 13.2. The highest BCUT2D eigenvalue weighted by atomic mass is 19.1. The lowest BCUT2D eigenvalue weighted by atomic mass is 10.2. The lowest BCUT2D eigenvalue weighted by molar-refractivity contribution is 0.298. The first kappa shape index (κ1) is 9.25. The van der Waals surface area contributed by atoms with E-state index >= 15 is 0 Å². The van der Waals surface area contributed by atoms with Gasteiger partial charge in [0.1, 0.15) is 11.6 Å². The number of rotatable bonds is 4. The van der Waals surface area contributed by atoms with Gasteiger partial charge in [-0.15, -0.1) is 0 Å². The van der Waals surface area contributed by atoms with Crippen LogP contribution in [-0.4, -0.2) is 6.61 Å². The summed E-state index contributed by atoms with van der Waals surface area (Å²) in [4.78, 5) is 0. The molecule has 1 fully saturated rings. The molecule has 0 amide bonds. The second-order valence-electron chi connectivity index (χ2n) is 3.64. The molecule has 0 unspecified atom stereocenters. The van der Waals surface area contributed by atoms with Gasteiger partial charge in [0.25, 0.3) is 0 Å². The highest BCUT2D eigenvalue weighted by molar-refractivity contribution is 5.49. The zero-order valence-electron chi connectivity index (χ0n) is 8.00. The molecule has 1 aromatic carbocycles. The van der Waals surface area contributed by atoms with E-state index in [1.807, 2.05) is 0 Å². The SMILES string of the molecule is C=Cc1ccc(OCC2CC2)cc1F. The predicted molar refractivity (Wildman–Crippen MR) is 54.7 cm³/mol. The average molecular weight is 192 g/mol. The van der Waals surface area contributed by atoms with Gasteiger partial charge in [-0.1, -0.05) is 12.7 Å². The van der Waals surface area contributed by atoms with Crippen LogP contribution in [0.3, 0.4) is 0 Å². The standard InChI is InChI=1S/C12H13FO/c1-2-10-5-6-11(7-12(10)13)14-8-9-3-4-9/h2,5-7,9H,1,3-4,8H2. The quantitative estimate of drug-likeness (QED) is 0.711. The molecular formula is C12H13FO. The van der Waals surface area contributed by atoms with Crippen LogP contribution in [0.4, 0.5) is 4.39 Å². The first-order valence-electron chi connectivity index (χ1n) is 4.84. The Labute approximate surface area is 83.2 Å². The van der Waals surface area contributed by atoms with Gasteiger partial charge in [0.15, 0.2) is 0 Å². The number of hydrogen-bond acceptors (Lipinski definition) is 1. The van der Waals surface area contributed by atoms with E-state index in [1.165, 1.54) is 25.0 Å². The van der Waals surface area contributed by atoms with Gasteiger partial charge in [0.05, 0.1) is 6.61 Å². The molecule has 0 saturated heterocycles. The van der Waals surface area contributed by atoms with E-state index in [-0.39, 0.29) is 5.82 Å². The molecule has 14 heavy (non-hydrogen) atoms. The highest BCUT2D eigenvalue weighted by Crippen LogP contribution is 2.29. The van der Waals surface area contributed by atoms with Crippen LogP contribution in [0.5, 0.6) is 5.75 Å². The number of halogens is 1. The Kier molecular flexibility index (Phi) is 2.53. The number of hydrogen-bond donors (Lipinski definition) is 0. The second kappa shape index (κ2) is 3.82. The molecule has 0 aliphatic heterocycles. The van der Waals surface area contributed by atoms with E-state index in [1.54, 1.807) is 12.1 Å². The van der Waals surface area contributed by atoms with Crippen LogP contribution in [0.2, 0.25) is 0 Å². The summed E-state index contributed by atoms with van der Waals surface area (Å²) in [6.07, 6.45) is 3.99. The minimum absolute atomic E-state index is 0.270. The van der Waals surface area contributed by atoms with Gasteiger partial charge >= 0.3 is 0 Å². The maximum absolute atomic E-state index is 13.2. The van der Waals surface area contributed by atoms with Gasteiger partial charge in [-0.05, 0) is 30.9 Å². The first-order valence-corrected chi connectivity index (χ1v) is 4.84. The van der Waals surface area contributed by atoms with Crippen LogP contribution in [0.1, 0.15) is 18.4 Å². The fraction of sp³-hybridized carbons (Fsp3) is 0.333. The summed E-state index contributed by atoms with van der Waals surface area (Å²) < 4.78 is 18.7. The molecule has 74 valence electrons. The normalized spacial score (nSPS) is 15.2. The molecule has 1 aliphatic rings. The van der Waals surface area contributed by atoms with Gasteiger partial charge < -0.3 is 4.74 Å². The van der Waals surface area contributed by atoms with Crippen LogP contribution in [0.15, 0.2) is 24.8 Å². The van der Waals surface area contributed by atoms with Crippen molar-refractivity contribution in [2.24, 2.45) is 5.92 Å². The largest absolute Gasteiger partial charge is 0.493 e. The molecule has 0 heterocycles. The average Bonchev–Trinajstić information content (AvgIpc) is 2.98. The van der Waals surface area contributed by atoms with Crippen molar-refractivity contribution in [3.05, 3.63) is 36.2 Å². The second-order valence-corrected chi connectivity index (χ2v) is 3.64. The zero-order chi connectivity index (χ0) is 9.97. The van der Waals surface area contributed by atoms with Crippen molar-refractivity contribution in [2.75, 3.05) is 6.61 Å². The van der Waals surface area contributed by atoms with Gasteiger partial charge in [-0.25, -0.2) is 4.39 Å². The van der Waals surface area contributed by atoms with Crippen molar-refractivity contribution in [1.29, 1.82) is 0 Å². The summed E-state index contributed by atoms with van der Waals surface area (Å²) in [5.41, 5.74) is 0.517. The van der Waals surface area contributed by atoms with Crippen LogP contribution >= 0.6 is 0 Å². The summed E-state index contributed by atoms with van der Waals surface area (Å²) in [7, 11) is 0. The molecule has 2 heteroatoms. The maximum Gasteiger partial charge on any atom is 0.134 e. The summed E-state index contributed by atoms with van der Waals surface area (Å²) in [5, 5.41) is 0. The van der Waals surface area contributed by atoms with Crippen molar-refractivity contribution in [3.63, 3.8) is 0 Å². The fourth-order valence-corrected chi connectivity index (χ4v) is 1.26. The van der Waals surface area contributed by atoms with Crippen molar-refractivity contribution in [1.82, 2.24) is 0 Å².